The van der Waals surface area contributed by atoms with Gasteiger partial charge in [-0.2, -0.15) is 0 Å². The molecular formula is C10H10FNO3. The highest BCUT2D eigenvalue weighted by Gasteiger charge is 2.20. The SMILES string of the molecule is NC(CC(=O)O)C(=O)c1ccccc1F. The Kier molecular flexibility index (Phi) is 3.51. The van der Waals surface area contributed by atoms with Crippen LogP contribution in [-0.2, 0) is 4.79 Å². The van der Waals surface area contributed by atoms with Crippen LogP contribution in [0.25, 0.3) is 0 Å². The van der Waals surface area contributed by atoms with Gasteiger partial charge in [-0.1, -0.05) is 12.1 Å². The van der Waals surface area contributed by atoms with Crippen molar-refractivity contribution in [3.63, 3.8) is 0 Å². The minimum absolute atomic E-state index is 0.175. The number of benzene rings is 1. The summed E-state index contributed by atoms with van der Waals surface area (Å²) in [5.41, 5.74) is 5.15. The number of carboxylic acid groups (broad SMARTS) is 1. The molecule has 1 rings (SSSR count). The van der Waals surface area contributed by atoms with E-state index in [0.29, 0.717) is 0 Å². The van der Waals surface area contributed by atoms with E-state index in [1.54, 1.807) is 0 Å². The zero-order valence-corrected chi connectivity index (χ0v) is 7.81. The first-order valence-electron chi connectivity index (χ1n) is 4.28. The molecule has 3 N–H and O–H groups in total. The molecule has 1 aromatic carbocycles. The third-order valence-corrected chi connectivity index (χ3v) is 1.87. The van der Waals surface area contributed by atoms with Crippen LogP contribution in [0.2, 0.25) is 0 Å². The molecule has 1 atom stereocenters. The quantitative estimate of drug-likeness (QED) is 0.722. The van der Waals surface area contributed by atoms with Crippen molar-refractivity contribution in [2.75, 3.05) is 0 Å². The van der Waals surface area contributed by atoms with Crippen molar-refractivity contribution in [2.24, 2.45) is 5.73 Å². The molecule has 4 nitrogen and oxygen atoms in total. The van der Waals surface area contributed by atoms with Gasteiger partial charge in [0.2, 0.25) is 0 Å². The fourth-order valence-electron chi connectivity index (χ4n) is 1.14. The molecule has 0 radical (unpaired) electrons. The van der Waals surface area contributed by atoms with Gasteiger partial charge in [0.25, 0.3) is 0 Å². The van der Waals surface area contributed by atoms with Crippen LogP contribution in [0.5, 0.6) is 0 Å². The molecule has 0 amide bonds. The molecule has 5 heteroatoms. The normalized spacial score (nSPS) is 12.1. The van der Waals surface area contributed by atoms with Crippen molar-refractivity contribution in [2.45, 2.75) is 12.5 Å². The molecule has 0 fully saturated rings. The van der Waals surface area contributed by atoms with E-state index in [4.69, 9.17) is 10.8 Å². The van der Waals surface area contributed by atoms with Crippen LogP contribution < -0.4 is 5.73 Å². The molecule has 0 heterocycles. The fourth-order valence-corrected chi connectivity index (χ4v) is 1.14. The first-order valence-corrected chi connectivity index (χ1v) is 4.28. The van der Waals surface area contributed by atoms with E-state index < -0.39 is 30.0 Å². The molecule has 0 aliphatic heterocycles. The molecule has 0 aliphatic carbocycles. The Labute approximate surface area is 85.5 Å². The average molecular weight is 211 g/mol. The van der Waals surface area contributed by atoms with Gasteiger partial charge in [0.05, 0.1) is 18.0 Å². The number of aliphatic carboxylic acids is 1. The summed E-state index contributed by atoms with van der Waals surface area (Å²) in [7, 11) is 0. The third kappa shape index (κ3) is 2.85. The van der Waals surface area contributed by atoms with E-state index in [9.17, 15) is 14.0 Å². The number of hydrogen-bond donors (Lipinski definition) is 2. The van der Waals surface area contributed by atoms with Gasteiger partial charge in [-0.05, 0) is 12.1 Å². The number of hydrogen-bond acceptors (Lipinski definition) is 3. The first-order chi connectivity index (χ1) is 7.02. The van der Waals surface area contributed by atoms with Crippen LogP contribution >= 0.6 is 0 Å². The van der Waals surface area contributed by atoms with E-state index in [1.165, 1.54) is 18.2 Å². The second kappa shape index (κ2) is 4.65. The summed E-state index contributed by atoms with van der Waals surface area (Å²) in [6, 6.07) is 4.12. The van der Waals surface area contributed by atoms with Gasteiger partial charge in [-0.15, -0.1) is 0 Å². The lowest BCUT2D eigenvalue weighted by molar-refractivity contribution is -0.137. The lowest BCUT2D eigenvalue weighted by Gasteiger charge is -2.08. The van der Waals surface area contributed by atoms with Gasteiger partial charge in [0.1, 0.15) is 5.82 Å². The number of carboxylic acids is 1. The molecule has 80 valence electrons. The number of Topliss-reactive ketones (excluding diaryl/α,β-unsaturated/α-hetero) is 1. The number of rotatable bonds is 4. The summed E-state index contributed by atoms with van der Waals surface area (Å²) in [4.78, 5) is 21.8. The molecule has 0 saturated heterocycles. The van der Waals surface area contributed by atoms with Crippen molar-refractivity contribution < 1.29 is 19.1 Å². The van der Waals surface area contributed by atoms with Crippen molar-refractivity contribution in [1.82, 2.24) is 0 Å². The van der Waals surface area contributed by atoms with Gasteiger partial charge in [-0.3, -0.25) is 9.59 Å². The fraction of sp³-hybridized carbons (Fsp3) is 0.200. The maximum Gasteiger partial charge on any atom is 0.305 e. The van der Waals surface area contributed by atoms with E-state index in [2.05, 4.69) is 0 Å². The molecule has 0 spiro atoms. The summed E-state index contributed by atoms with van der Waals surface area (Å²) >= 11 is 0. The standard InChI is InChI=1S/C10H10FNO3/c11-7-4-2-1-3-6(7)10(15)8(12)5-9(13)14/h1-4,8H,5,12H2,(H,13,14). The van der Waals surface area contributed by atoms with E-state index in [1.807, 2.05) is 0 Å². The first kappa shape index (κ1) is 11.3. The number of nitrogens with two attached hydrogens (primary N) is 1. The molecule has 1 aromatic rings. The Morgan fingerprint density at radius 1 is 1.40 bits per heavy atom. The predicted octanol–water partition coefficient (Wildman–Crippen LogP) is 0.810. The minimum Gasteiger partial charge on any atom is -0.481 e. The summed E-state index contributed by atoms with van der Waals surface area (Å²) in [6.45, 7) is 0. The second-order valence-electron chi connectivity index (χ2n) is 3.05. The van der Waals surface area contributed by atoms with Crippen molar-refractivity contribution in [1.29, 1.82) is 0 Å². The lowest BCUT2D eigenvalue weighted by Crippen LogP contribution is -2.33. The van der Waals surface area contributed by atoms with Crippen LogP contribution in [0.4, 0.5) is 4.39 Å². The molecule has 0 aromatic heterocycles. The maximum absolute atomic E-state index is 13.1. The van der Waals surface area contributed by atoms with Crippen molar-refractivity contribution in [3.8, 4) is 0 Å². The average Bonchev–Trinajstić information content (AvgIpc) is 2.16. The minimum atomic E-state index is -1.21. The summed E-state index contributed by atoms with van der Waals surface area (Å²) < 4.78 is 13.1. The molecule has 0 saturated carbocycles. The van der Waals surface area contributed by atoms with Gasteiger partial charge < -0.3 is 10.8 Å². The Balaban J connectivity index is 2.85. The molecule has 0 bridgehead atoms. The van der Waals surface area contributed by atoms with E-state index in [0.717, 1.165) is 6.07 Å². The summed E-state index contributed by atoms with van der Waals surface area (Å²) in [5.74, 6) is -2.58. The number of ketones is 1. The van der Waals surface area contributed by atoms with Gasteiger partial charge >= 0.3 is 5.97 Å². The summed E-state index contributed by atoms with van der Waals surface area (Å²) in [6.07, 6.45) is -0.507. The number of carbonyl (C=O) groups is 2. The zero-order chi connectivity index (χ0) is 11.4. The molecular weight excluding hydrogens is 201 g/mol. The molecule has 1 unspecified atom stereocenters. The molecule has 15 heavy (non-hydrogen) atoms. The van der Waals surface area contributed by atoms with Crippen LogP contribution in [0.15, 0.2) is 24.3 Å². The summed E-state index contributed by atoms with van der Waals surface area (Å²) in [5, 5.41) is 8.42. The highest BCUT2D eigenvalue weighted by molar-refractivity contribution is 6.01. The van der Waals surface area contributed by atoms with Gasteiger partial charge in [0, 0.05) is 0 Å². The smallest absolute Gasteiger partial charge is 0.305 e. The Morgan fingerprint density at radius 3 is 2.53 bits per heavy atom. The maximum atomic E-state index is 13.1. The molecule has 0 aliphatic rings. The lowest BCUT2D eigenvalue weighted by atomic mass is 10.0. The largest absolute Gasteiger partial charge is 0.481 e. The Hall–Kier alpha value is -1.75. The van der Waals surface area contributed by atoms with Crippen LogP contribution in [0.3, 0.4) is 0 Å². The zero-order valence-electron chi connectivity index (χ0n) is 7.81. The highest BCUT2D eigenvalue weighted by atomic mass is 19.1. The van der Waals surface area contributed by atoms with Gasteiger partial charge in [0.15, 0.2) is 5.78 Å². The van der Waals surface area contributed by atoms with Crippen LogP contribution in [0.1, 0.15) is 16.8 Å². The number of carbonyl (C=O) groups excluding carboxylic acids is 1. The van der Waals surface area contributed by atoms with E-state index in [-0.39, 0.29) is 5.56 Å². The van der Waals surface area contributed by atoms with E-state index >= 15 is 0 Å². The van der Waals surface area contributed by atoms with Crippen molar-refractivity contribution in [3.05, 3.63) is 35.6 Å². The van der Waals surface area contributed by atoms with Crippen LogP contribution in [-0.4, -0.2) is 22.9 Å². The Morgan fingerprint density at radius 2 is 2.00 bits per heavy atom. The number of halogens is 1. The topological polar surface area (TPSA) is 80.4 Å². The van der Waals surface area contributed by atoms with Crippen molar-refractivity contribution >= 4 is 11.8 Å². The van der Waals surface area contributed by atoms with Gasteiger partial charge in [-0.25, -0.2) is 4.39 Å². The Bertz CT molecular complexity index is 392. The monoisotopic (exact) mass is 211 g/mol. The predicted molar refractivity (Wildman–Crippen MR) is 51.0 cm³/mol. The van der Waals surface area contributed by atoms with Crippen LogP contribution in [0, 0.1) is 5.82 Å². The highest BCUT2D eigenvalue weighted by Crippen LogP contribution is 2.09. The third-order valence-electron chi connectivity index (χ3n) is 1.87. The second-order valence-corrected chi connectivity index (χ2v) is 3.05.